The Balaban J connectivity index is 1.64. The summed E-state index contributed by atoms with van der Waals surface area (Å²) in [6.45, 7) is 5.09. The van der Waals surface area contributed by atoms with Crippen molar-refractivity contribution in [3.8, 4) is 11.3 Å². The number of nitrogens with one attached hydrogen (secondary N) is 1. The zero-order chi connectivity index (χ0) is 21.1. The van der Waals surface area contributed by atoms with Gasteiger partial charge < -0.3 is 15.0 Å². The number of nitrogens with zero attached hydrogens (tertiary/aromatic N) is 3. The van der Waals surface area contributed by atoms with E-state index >= 15 is 0 Å². The summed E-state index contributed by atoms with van der Waals surface area (Å²) >= 11 is 0. The monoisotopic (exact) mass is 406 g/mol. The van der Waals surface area contributed by atoms with Gasteiger partial charge in [-0.25, -0.2) is 9.78 Å². The van der Waals surface area contributed by atoms with Crippen LogP contribution >= 0.6 is 0 Å². The molecule has 1 N–H and O–H groups in total. The lowest BCUT2D eigenvalue weighted by Gasteiger charge is -2.31. The molecule has 0 bridgehead atoms. The summed E-state index contributed by atoms with van der Waals surface area (Å²) in [6.07, 6.45) is 3.06. The van der Waals surface area contributed by atoms with Crippen molar-refractivity contribution in [3.63, 3.8) is 0 Å². The number of hydrogen-bond donors (Lipinski definition) is 1. The van der Waals surface area contributed by atoms with Crippen molar-refractivity contribution in [2.75, 3.05) is 25.0 Å². The van der Waals surface area contributed by atoms with Gasteiger partial charge in [0.15, 0.2) is 0 Å². The molecular weight excluding hydrogens is 380 g/mol. The molecule has 7 heteroatoms. The number of benzene rings is 1. The topological polar surface area (TPSA) is 75.9 Å². The predicted molar refractivity (Wildman–Crippen MR) is 115 cm³/mol. The van der Waals surface area contributed by atoms with Gasteiger partial charge in [0.25, 0.3) is 0 Å². The molecule has 4 rings (SSSR count). The third kappa shape index (κ3) is 3.87. The van der Waals surface area contributed by atoms with Gasteiger partial charge in [-0.05, 0) is 38.3 Å². The van der Waals surface area contributed by atoms with E-state index in [1.807, 2.05) is 60.0 Å². The molecule has 0 radical (unpaired) electrons. The minimum Gasteiger partial charge on any atom is -0.450 e. The highest BCUT2D eigenvalue weighted by Gasteiger charge is 2.30. The van der Waals surface area contributed by atoms with Crippen LogP contribution < -0.4 is 5.32 Å². The molecule has 3 aromatic rings. The highest BCUT2D eigenvalue weighted by molar-refractivity contribution is 5.96. The summed E-state index contributed by atoms with van der Waals surface area (Å²) < 4.78 is 7.02. The van der Waals surface area contributed by atoms with E-state index in [-0.39, 0.29) is 17.9 Å². The van der Waals surface area contributed by atoms with Crippen LogP contribution in [0.3, 0.4) is 0 Å². The largest absolute Gasteiger partial charge is 0.450 e. The molecule has 1 fully saturated rings. The number of ether oxygens (including phenoxy) is 1. The van der Waals surface area contributed by atoms with E-state index in [9.17, 15) is 9.59 Å². The number of likely N-dealkylation sites (tertiary alicyclic amines) is 1. The van der Waals surface area contributed by atoms with Crippen molar-refractivity contribution in [2.24, 2.45) is 5.92 Å². The van der Waals surface area contributed by atoms with Crippen LogP contribution in [0.5, 0.6) is 0 Å². The first-order valence-corrected chi connectivity index (χ1v) is 10.3. The Hall–Kier alpha value is -3.35. The minimum absolute atomic E-state index is 0.107. The molecule has 3 heterocycles. The van der Waals surface area contributed by atoms with Crippen molar-refractivity contribution in [2.45, 2.75) is 26.7 Å². The molecule has 156 valence electrons. The molecular formula is C23H26N4O3. The summed E-state index contributed by atoms with van der Waals surface area (Å²) in [4.78, 5) is 31.7. The standard InChI is InChI=1S/C23H26N4O3/c1-3-30-23(29)26-13-8-12-18(15-26)22(28)25-21-19(17-10-5-4-6-11-17)24-20-16(2)9-7-14-27(20)21/h4-7,9-11,14,18H,3,8,12-13,15H2,1-2H3,(H,25,28)/t18-/m1/s1. The van der Waals surface area contributed by atoms with Gasteiger partial charge in [0, 0.05) is 24.8 Å². The van der Waals surface area contributed by atoms with E-state index in [1.165, 1.54) is 0 Å². The fourth-order valence-corrected chi connectivity index (χ4v) is 3.91. The molecule has 30 heavy (non-hydrogen) atoms. The van der Waals surface area contributed by atoms with Crippen molar-refractivity contribution in [1.29, 1.82) is 0 Å². The second-order valence-corrected chi connectivity index (χ2v) is 7.53. The Morgan fingerprint density at radius 2 is 2.00 bits per heavy atom. The first kappa shape index (κ1) is 19.9. The molecule has 0 unspecified atom stereocenters. The first-order valence-electron chi connectivity index (χ1n) is 10.3. The number of amides is 2. The number of piperidine rings is 1. The number of anilines is 1. The Bertz CT molecular complexity index is 1060. The van der Waals surface area contributed by atoms with Crippen molar-refractivity contribution < 1.29 is 14.3 Å². The number of rotatable bonds is 4. The SMILES string of the molecule is CCOC(=O)N1CCC[C@@H](C(=O)Nc2c(-c3ccccc3)nc3c(C)cccn23)C1. The van der Waals surface area contributed by atoms with Crippen LogP contribution in [0, 0.1) is 12.8 Å². The maximum absolute atomic E-state index is 13.2. The molecule has 2 amide bonds. The number of aromatic nitrogens is 2. The van der Waals surface area contributed by atoms with Crippen LogP contribution in [0.25, 0.3) is 16.9 Å². The van der Waals surface area contributed by atoms with Gasteiger partial charge in [-0.2, -0.15) is 0 Å². The van der Waals surface area contributed by atoms with Crippen molar-refractivity contribution in [3.05, 3.63) is 54.2 Å². The van der Waals surface area contributed by atoms with Crippen LogP contribution in [0.15, 0.2) is 48.7 Å². The maximum atomic E-state index is 13.2. The Morgan fingerprint density at radius 3 is 2.77 bits per heavy atom. The molecule has 2 aromatic heterocycles. The number of carbonyl (C=O) groups is 2. The van der Waals surface area contributed by atoms with Gasteiger partial charge in [-0.3, -0.25) is 9.20 Å². The Labute approximate surface area is 175 Å². The maximum Gasteiger partial charge on any atom is 0.409 e. The van der Waals surface area contributed by atoms with Crippen molar-refractivity contribution >= 4 is 23.5 Å². The highest BCUT2D eigenvalue weighted by atomic mass is 16.6. The first-order chi connectivity index (χ1) is 14.6. The Kier molecular flexibility index (Phi) is 5.70. The van der Waals surface area contributed by atoms with E-state index < -0.39 is 0 Å². The van der Waals surface area contributed by atoms with Gasteiger partial charge >= 0.3 is 6.09 Å². The van der Waals surface area contributed by atoms with Crippen LogP contribution in [0.2, 0.25) is 0 Å². The third-order valence-electron chi connectivity index (χ3n) is 5.45. The number of hydrogen-bond acceptors (Lipinski definition) is 4. The lowest BCUT2D eigenvalue weighted by atomic mass is 9.97. The summed E-state index contributed by atoms with van der Waals surface area (Å²) in [6, 6.07) is 13.8. The number of carbonyl (C=O) groups excluding carboxylic acids is 2. The number of fused-ring (bicyclic) bond motifs is 1. The normalized spacial score (nSPS) is 16.5. The van der Waals surface area contributed by atoms with Gasteiger partial charge in [0.2, 0.25) is 5.91 Å². The fourth-order valence-electron chi connectivity index (χ4n) is 3.91. The molecule has 1 saturated heterocycles. The molecule has 0 aliphatic carbocycles. The van der Waals surface area contributed by atoms with Crippen LogP contribution in [-0.4, -0.2) is 46.0 Å². The molecule has 1 aliphatic heterocycles. The summed E-state index contributed by atoms with van der Waals surface area (Å²) in [5.41, 5.74) is 3.51. The van der Waals surface area contributed by atoms with Crippen LogP contribution in [0.1, 0.15) is 25.3 Å². The van der Waals surface area contributed by atoms with Crippen LogP contribution in [-0.2, 0) is 9.53 Å². The number of imidazole rings is 1. The zero-order valence-corrected chi connectivity index (χ0v) is 17.3. The van der Waals surface area contributed by atoms with Gasteiger partial charge in [-0.1, -0.05) is 36.4 Å². The summed E-state index contributed by atoms with van der Waals surface area (Å²) in [7, 11) is 0. The smallest absolute Gasteiger partial charge is 0.409 e. The average molecular weight is 406 g/mol. The molecule has 1 aliphatic rings. The van der Waals surface area contributed by atoms with E-state index in [4.69, 9.17) is 9.72 Å². The van der Waals surface area contributed by atoms with Gasteiger partial charge in [-0.15, -0.1) is 0 Å². The molecule has 1 aromatic carbocycles. The zero-order valence-electron chi connectivity index (χ0n) is 17.3. The lowest BCUT2D eigenvalue weighted by Crippen LogP contribution is -2.44. The third-order valence-corrected chi connectivity index (χ3v) is 5.45. The van der Waals surface area contributed by atoms with E-state index in [2.05, 4.69) is 5.32 Å². The number of pyridine rings is 1. The van der Waals surface area contributed by atoms with Crippen LogP contribution in [0.4, 0.5) is 10.6 Å². The molecule has 1 atom stereocenters. The minimum atomic E-state index is -0.356. The summed E-state index contributed by atoms with van der Waals surface area (Å²) in [5.74, 6) is 0.254. The fraction of sp³-hybridized carbons (Fsp3) is 0.348. The Morgan fingerprint density at radius 1 is 1.20 bits per heavy atom. The number of aryl methyl sites for hydroxylation is 1. The van der Waals surface area contributed by atoms with Gasteiger partial charge in [0.05, 0.1) is 12.5 Å². The highest BCUT2D eigenvalue weighted by Crippen LogP contribution is 2.30. The summed E-state index contributed by atoms with van der Waals surface area (Å²) in [5, 5.41) is 3.10. The van der Waals surface area contributed by atoms with E-state index in [0.29, 0.717) is 25.5 Å². The quantitative estimate of drug-likeness (QED) is 0.707. The van der Waals surface area contributed by atoms with Gasteiger partial charge in [0.1, 0.15) is 17.2 Å². The van der Waals surface area contributed by atoms with Crippen molar-refractivity contribution in [1.82, 2.24) is 14.3 Å². The van der Waals surface area contributed by atoms with E-state index in [0.717, 1.165) is 35.3 Å². The average Bonchev–Trinajstić information content (AvgIpc) is 3.14. The molecule has 0 spiro atoms. The lowest BCUT2D eigenvalue weighted by molar-refractivity contribution is -0.121. The predicted octanol–water partition coefficient (Wildman–Crippen LogP) is 4.12. The molecule has 0 saturated carbocycles. The molecule has 7 nitrogen and oxygen atoms in total. The second-order valence-electron chi connectivity index (χ2n) is 7.53. The van der Waals surface area contributed by atoms with E-state index in [1.54, 1.807) is 11.8 Å². The second kappa shape index (κ2) is 8.57.